The van der Waals surface area contributed by atoms with Gasteiger partial charge in [0.1, 0.15) is 6.61 Å². The summed E-state index contributed by atoms with van der Waals surface area (Å²) in [7, 11) is 0. The van der Waals surface area contributed by atoms with E-state index in [-0.39, 0.29) is 55.9 Å². The van der Waals surface area contributed by atoms with Crippen molar-refractivity contribution in [1.29, 1.82) is 0 Å². The van der Waals surface area contributed by atoms with E-state index in [4.69, 9.17) is 9.84 Å². The Morgan fingerprint density at radius 1 is 1.12 bits per heavy atom. The van der Waals surface area contributed by atoms with Crippen molar-refractivity contribution in [2.75, 3.05) is 13.2 Å². The first-order valence-corrected chi connectivity index (χ1v) is 8.42. The van der Waals surface area contributed by atoms with Crippen molar-refractivity contribution in [1.82, 2.24) is 10.6 Å². The average molecular weight is 354 g/mol. The van der Waals surface area contributed by atoms with Crippen molar-refractivity contribution in [2.24, 2.45) is 5.92 Å². The number of ether oxygens (including phenoxy) is 1. The molecule has 0 radical (unpaired) electrons. The first-order valence-electron chi connectivity index (χ1n) is 8.42. The standard InChI is InChI=1S/C18H30N2O5/c1-5-7-9-17(23)25-12-14(4)20-18(24)15(8-6-2)10-16(22)19-13(3)11-21/h5-6,13-15,21H,1-2,7-12H2,3-4H3,(H,19,22)(H,20,24)/t13-,14-,15+/m0/s1. The molecule has 0 saturated heterocycles. The number of carbonyl (C=O) groups excluding carboxylic acids is 3. The monoisotopic (exact) mass is 354 g/mol. The first kappa shape index (κ1) is 22.9. The van der Waals surface area contributed by atoms with E-state index >= 15 is 0 Å². The molecule has 0 unspecified atom stereocenters. The topological polar surface area (TPSA) is 105 Å². The van der Waals surface area contributed by atoms with Crippen molar-refractivity contribution >= 4 is 17.8 Å². The molecule has 142 valence electrons. The number of aliphatic hydroxyl groups is 1. The van der Waals surface area contributed by atoms with Crippen LogP contribution in [0.5, 0.6) is 0 Å². The van der Waals surface area contributed by atoms with Crippen LogP contribution in [-0.2, 0) is 19.1 Å². The number of allylic oxidation sites excluding steroid dienone is 2. The Balaban J connectivity index is 4.42. The molecule has 0 aliphatic rings. The third kappa shape index (κ3) is 11.1. The second-order valence-electron chi connectivity index (χ2n) is 6.00. The molecule has 0 aromatic rings. The Morgan fingerprint density at radius 3 is 2.36 bits per heavy atom. The quantitative estimate of drug-likeness (QED) is 0.339. The van der Waals surface area contributed by atoms with Crippen LogP contribution < -0.4 is 10.6 Å². The van der Waals surface area contributed by atoms with Gasteiger partial charge in [-0.25, -0.2) is 0 Å². The zero-order valence-electron chi connectivity index (χ0n) is 15.1. The molecule has 0 heterocycles. The molecule has 0 spiro atoms. The Hall–Kier alpha value is -2.15. The maximum atomic E-state index is 12.3. The van der Waals surface area contributed by atoms with Crippen molar-refractivity contribution in [3.05, 3.63) is 25.3 Å². The fourth-order valence-corrected chi connectivity index (χ4v) is 2.00. The van der Waals surface area contributed by atoms with Gasteiger partial charge in [0.05, 0.1) is 18.6 Å². The lowest BCUT2D eigenvalue weighted by Crippen LogP contribution is -2.42. The van der Waals surface area contributed by atoms with E-state index in [0.29, 0.717) is 12.8 Å². The van der Waals surface area contributed by atoms with Crippen LogP contribution in [-0.4, -0.2) is 48.2 Å². The molecule has 2 amide bonds. The molecule has 0 rings (SSSR count). The molecule has 3 N–H and O–H groups in total. The third-order valence-electron chi connectivity index (χ3n) is 3.37. The Morgan fingerprint density at radius 2 is 1.80 bits per heavy atom. The predicted octanol–water partition coefficient (Wildman–Crippen LogP) is 1.08. The number of nitrogens with one attached hydrogen (secondary N) is 2. The number of aliphatic hydroxyl groups excluding tert-OH is 1. The lowest BCUT2D eigenvalue weighted by atomic mass is 9.99. The van der Waals surface area contributed by atoms with Crippen molar-refractivity contribution in [3.63, 3.8) is 0 Å². The zero-order chi connectivity index (χ0) is 19.2. The van der Waals surface area contributed by atoms with Crippen LogP contribution in [0, 0.1) is 5.92 Å². The van der Waals surface area contributed by atoms with Crippen molar-refractivity contribution in [3.8, 4) is 0 Å². The maximum absolute atomic E-state index is 12.3. The Bertz CT molecular complexity index is 464. The molecule has 0 fully saturated rings. The molecular weight excluding hydrogens is 324 g/mol. The normalized spacial score (nSPS) is 13.9. The van der Waals surface area contributed by atoms with E-state index in [2.05, 4.69) is 23.8 Å². The van der Waals surface area contributed by atoms with Gasteiger partial charge in [-0.05, 0) is 26.7 Å². The van der Waals surface area contributed by atoms with E-state index in [9.17, 15) is 14.4 Å². The highest BCUT2D eigenvalue weighted by Crippen LogP contribution is 2.10. The van der Waals surface area contributed by atoms with Crippen LogP contribution in [0.1, 0.15) is 39.5 Å². The van der Waals surface area contributed by atoms with Crippen LogP contribution in [0.3, 0.4) is 0 Å². The summed E-state index contributed by atoms with van der Waals surface area (Å²) in [6.45, 7) is 10.4. The van der Waals surface area contributed by atoms with Crippen LogP contribution in [0.4, 0.5) is 0 Å². The summed E-state index contributed by atoms with van der Waals surface area (Å²) in [5, 5.41) is 14.3. The Labute approximate surface area is 149 Å². The van der Waals surface area contributed by atoms with Crippen LogP contribution in [0.25, 0.3) is 0 Å². The van der Waals surface area contributed by atoms with E-state index < -0.39 is 5.92 Å². The van der Waals surface area contributed by atoms with Gasteiger partial charge in [0.2, 0.25) is 11.8 Å². The van der Waals surface area contributed by atoms with Crippen LogP contribution in [0.2, 0.25) is 0 Å². The molecule has 0 aliphatic heterocycles. The van der Waals surface area contributed by atoms with Gasteiger partial charge in [0.15, 0.2) is 0 Å². The average Bonchev–Trinajstić information content (AvgIpc) is 2.57. The van der Waals surface area contributed by atoms with E-state index in [1.54, 1.807) is 26.0 Å². The smallest absolute Gasteiger partial charge is 0.306 e. The predicted molar refractivity (Wildman–Crippen MR) is 95.6 cm³/mol. The Kier molecular flexibility index (Phi) is 12.0. The molecule has 0 aliphatic carbocycles. The summed E-state index contributed by atoms with van der Waals surface area (Å²) in [6, 6.07) is -0.735. The van der Waals surface area contributed by atoms with Crippen molar-refractivity contribution in [2.45, 2.75) is 51.6 Å². The molecular formula is C18H30N2O5. The number of hydrogen-bond acceptors (Lipinski definition) is 5. The zero-order valence-corrected chi connectivity index (χ0v) is 15.1. The molecule has 0 saturated carbocycles. The van der Waals surface area contributed by atoms with Crippen LogP contribution in [0.15, 0.2) is 25.3 Å². The SMILES string of the molecule is C=CCCC(=O)OC[C@H](C)NC(=O)[C@H](CC=C)CC(=O)N[C@@H](C)CO. The molecule has 0 bridgehead atoms. The molecule has 25 heavy (non-hydrogen) atoms. The number of carbonyl (C=O) groups is 3. The molecule has 3 atom stereocenters. The van der Waals surface area contributed by atoms with Gasteiger partial charge in [-0.2, -0.15) is 0 Å². The number of esters is 1. The number of amides is 2. The van der Waals surface area contributed by atoms with Crippen LogP contribution >= 0.6 is 0 Å². The minimum atomic E-state index is -0.567. The summed E-state index contributed by atoms with van der Waals surface area (Å²) < 4.78 is 5.07. The summed E-state index contributed by atoms with van der Waals surface area (Å²) in [5.74, 6) is -1.53. The summed E-state index contributed by atoms with van der Waals surface area (Å²) in [5.41, 5.74) is 0. The highest BCUT2D eigenvalue weighted by atomic mass is 16.5. The fourth-order valence-electron chi connectivity index (χ4n) is 2.00. The second kappa shape index (κ2) is 13.2. The minimum Gasteiger partial charge on any atom is -0.463 e. The number of hydrogen-bond donors (Lipinski definition) is 3. The second-order valence-corrected chi connectivity index (χ2v) is 6.00. The molecule has 0 aromatic carbocycles. The van der Waals surface area contributed by atoms with Gasteiger partial charge in [0.25, 0.3) is 0 Å². The maximum Gasteiger partial charge on any atom is 0.306 e. The van der Waals surface area contributed by atoms with Gasteiger partial charge in [-0.3, -0.25) is 14.4 Å². The van der Waals surface area contributed by atoms with Crippen molar-refractivity contribution < 1.29 is 24.2 Å². The lowest BCUT2D eigenvalue weighted by Gasteiger charge is -2.20. The van der Waals surface area contributed by atoms with Gasteiger partial charge in [-0.15, -0.1) is 13.2 Å². The summed E-state index contributed by atoms with van der Waals surface area (Å²) in [6.07, 6.45) is 4.35. The van der Waals surface area contributed by atoms with Gasteiger partial charge in [-0.1, -0.05) is 12.2 Å². The summed E-state index contributed by atoms with van der Waals surface area (Å²) >= 11 is 0. The molecule has 7 heteroatoms. The van der Waals surface area contributed by atoms with Gasteiger partial charge < -0.3 is 20.5 Å². The molecule has 0 aromatic heterocycles. The number of rotatable bonds is 13. The summed E-state index contributed by atoms with van der Waals surface area (Å²) in [4.78, 5) is 35.6. The third-order valence-corrected chi connectivity index (χ3v) is 3.37. The molecule has 7 nitrogen and oxygen atoms in total. The van der Waals surface area contributed by atoms with Gasteiger partial charge >= 0.3 is 5.97 Å². The van der Waals surface area contributed by atoms with Gasteiger partial charge in [0, 0.05) is 18.9 Å². The minimum absolute atomic E-state index is 0.00592. The highest BCUT2D eigenvalue weighted by Gasteiger charge is 2.23. The highest BCUT2D eigenvalue weighted by molar-refractivity contribution is 5.86. The largest absolute Gasteiger partial charge is 0.463 e. The van der Waals surface area contributed by atoms with E-state index in [1.165, 1.54) is 0 Å². The lowest BCUT2D eigenvalue weighted by molar-refractivity contribution is -0.145. The van der Waals surface area contributed by atoms with E-state index in [0.717, 1.165) is 0 Å². The van der Waals surface area contributed by atoms with E-state index in [1.807, 2.05) is 0 Å². The fraction of sp³-hybridized carbons (Fsp3) is 0.611. The first-order chi connectivity index (χ1) is 11.8.